The first-order valence-corrected chi connectivity index (χ1v) is 11.4. The van der Waals surface area contributed by atoms with E-state index in [1.165, 1.54) is 6.08 Å². The number of methoxy groups -OCH3 is 1. The summed E-state index contributed by atoms with van der Waals surface area (Å²) in [4.78, 5) is 52.0. The van der Waals surface area contributed by atoms with E-state index in [1.807, 2.05) is 0 Å². The third-order valence-corrected chi connectivity index (χ3v) is 5.57. The van der Waals surface area contributed by atoms with Crippen LogP contribution in [-0.2, 0) is 4.79 Å². The number of imide groups is 1. The van der Waals surface area contributed by atoms with E-state index in [9.17, 15) is 19.2 Å². The van der Waals surface area contributed by atoms with E-state index in [-0.39, 0.29) is 12.2 Å². The predicted molar refractivity (Wildman–Crippen MR) is 138 cm³/mol. The molecule has 0 radical (unpaired) electrons. The molecule has 4 rings (SSSR count). The summed E-state index contributed by atoms with van der Waals surface area (Å²) in [6, 6.07) is 22.0. The second-order valence-corrected chi connectivity index (χ2v) is 8.18. The average Bonchev–Trinajstić information content (AvgIpc) is 3.17. The number of amides is 4. The van der Waals surface area contributed by atoms with Crippen molar-refractivity contribution in [1.29, 1.82) is 0 Å². The maximum Gasteiger partial charge on any atom is 0.287 e. The summed E-state index contributed by atoms with van der Waals surface area (Å²) in [5.74, 6) is -1.35. The highest BCUT2D eigenvalue weighted by molar-refractivity contribution is 6.22. The molecular formula is C28H24N4O5. The van der Waals surface area contributed by atoms with Gasteiger partial charge in [0.25, 0.3) is 23.6 Å². The Labute approximate surface area is 213 Å². The number of hydrazone groups is 1. The van der Waals surface area contributed by atoms with Crippen LogP contribution in [0.3, 0.4) is 0 Å². The molecule has 0 aliphatic carbocycles. The number of ether oxygens (including phenoxy) is 1. The quantitative estimate of drug-likeness (QED) is 0.215. The third kappa shape index (κ3) is 5.79. The van der Waals surface area contributed by atoms with E-state index in [2.05, 4.69) is 15.8 Å². The van der Waals surface area contributed by atoms with Crippen molar-refractivity contribution in [2.45, 2.75) is 6.92 Å². The molecule has 0 fully saturated rings. The Hall–Kier alpha value is -5.05. The van der Waals surface area contributed by atoms with Gasteiger partial charge in [-0.15, -0.1) is 0 Å². The van der Waals surface area contributed by atoms with Crippen LogP contribution in [0.1, 0.15) is 43.6 Å². The smallest absolute Gasteiger partial charge is 0.287 e. The van der Waals surface area contributed by atoms with E-state index < -0.39 is 23.6 Å². The molecule has 0 unspecified atom stereocenters. The number of fused-ring (bicyclic) bond motifs is 1. The topological polar surface area (TPSA) is 117 Å². The molecule has 0 saturated heterocycles. The molecular weight excluding hydrogens is 472 g/mol. The minimum absolute atomic E-state index is 0.0451. The van der Waals surface area contributed by atoms with E-state index >= 15 is 0 Å². The molecule has 1 heterocycles. The van der Waals surface area contributed by atoms with Gasteiger partial charge in [-0.1, -0.05) is 42.5 Å². The maximum atomic E-state index is 13.0. The number of nitrogens with zero attached hydrogens (tertiary/aromatic N) is 2. The summed E-state index contributed by atoms with van der Waals surface area (Å²) in [7, 11) is 1.55. The van der Waals surface area contributed by atoms with Gasteiger partial charge >= 0.3 is 0 Å². The molecule has 1 aliphatic rings. The summed E-state index contributed by atoms with van der Waals surface area (Å²) >= 11 is 0. The van der Waals surface area contributed by atoms with Crippen molar-refractivity contribution in [3.63, 3.8) is 0 Å². The Morgan fingerprint density at radius 2 is 1.49 bits per heavy atom. The molecule has 0 atom stereocenters. The minimum atomic E-state index is -0.679. The Morgan fingerprint density at radius 3 is 2.08 bits per heavy atom. The van der Waals surface area contributed by atoms with E-state index in [0.717, 1.165) is 4.90 Å². The summed E-state index contributed by atoms with van der Waals surface area (Å²) in [5.41, 5.74) is 4.36. The highest BCUT2D eigenvalue weighted by Gasteiger charge is 2.35. The average molecular weight is 497 g/mol. The van der Waals surface area contributed by atoms with Gasteiger partial charge in [0.15, 0.2) is 0 Å². The van der Waals surface area contributed by atoms with Gasteiger partial charge in [0.2, 0.25) is 0 Å². The normalized spacial score (nSPS) is 13.3. The highest BCUT2D eigenvalue weighted by Crippen LogP contribution is 2.22. The maximum absolute atomic E-state index is 13.0. The molecule has 9 heteroatoms. The number of hydrogen-bond donors (Lipinski definition) is 2. The van der Waals surface area contributed by atoms with Gasteiger partial charge in [-0.25, -0.2) is 5.43 Å². The van der Waals surface area contributed by atoms with Crippen LogP contribution in [-0.4, -0.2) is 47.9 Å². The molecule has 0 aromatic heterocycles. The molecule has 37 heavy (non-hydrogen) atoms. The predicted octanol–water partition coefficient (Wildman–Crippen LogP) is 3.25. The molecule has 186 valence electrons. The van der Waals surface area contributed by atoms with E-state index in [4.69, 9.17) is 4.74 Å². The minimum Gasteiger partial charge on any atom is -0.497 e. The number of nitrogens with one attached hydrogen (secondary N) is 2. The van der Waals surface area contributed by atoms with Crippen molar-refractivity contribution < 1.29 is 23.9 Å². The first-order valence-electron chi connectivity index (χ1n) is 11.4. The van der Waals surface area contributed by atoms with Gasteiger partial charge in [-0.05, 0) is 55.0 Å². The van der Waals surface area contributed by atoms with Gasteiger partial charge in [-0.3, -0.25) is 24.1 Å². The van der Waals surface area contributed by atoms with Crippen LogP contribution in [0, 0.1) is 0 Å². The molecule has 3 aromatic rings. The van der Waals surface area contributed by atoms with Crippen LogP contribution in [0.4, 0.5) is 0 Å². The fourth-order valence-electron chi connectivity index (χ4n) is 3.66. The monoisotopic (exact) mass is 496 g/mol. The Bertz CT molecular complexity index is 1380. The van der Waals surface area contributed by atoms with E-state index in [0.29, 0.717) is 33.7 Å². The number of carbonyl (C=O) groups excluding carboxylic acids is 4. The van der Waals surface area contributed by atoms with Crippen LogP contribution < -0.4 is 15.5 Å². The lowest BCUT2D eigenvalue weighted by molar-refractivity contribution is -0.117. The largest absolute Gasteiger partial charge is 0.497 e. The second kappa shape index (κ2) is 11.1. The summed E-state index contributed by atoms with van der Waals surface area (Å²) in [6.07, 6.45) is 1.50. The molecule has 1 aliphatic heterocycles. The first kappa shape index (κ1) is 25.1. The third-order valence-electron chi connectivity index (χ3n) is 5.57. The van der Waals surface area contributed by atoms with Crippen LogP contribution in [0.15, 0.2) is 89.7 Å². The van der Waals surface area contributed by atoms with Gasteiger partial charge in [0.1, 0.15) is 11.4 Å². The Balaban J connectivity index is 1.50. The van der Waals surface area contributed by atoms with Gasteiger partial charge < -0.3 is 10.1 Å². The van der Waals surface area contributed by atoms with Crippen LogP contribution in [0.5, 0.6) is 5.75 Å². The lowest BCUT2D eigenvalue weighted by Gasteiger charge is -2.14. The van der Waals surface area contributed by atoms with Gasteiger partial charge in [0.05, 0.1) is 30.5 Å². The molecule has 4 amide bonds. The summed E-state index contributed by atoms with van der Waals surface area (Å²) in [6.45, 7) is 1.49. The number of benzene rings is 3. The van der Waals surface area contributed by atoms with Gasteiger partial charge in [-0.2, -0.15) is 5.10 Å². The van der Waals surface area contributed by atoms with E-state index in [1.54, 1.807) is 92.9 Å². The zero-order valence-electron chi connectivity index (χ0n) is 20.2. The van der Waals surface area contributed by atoms with Crippen molar-refractivity contribution in [3.8, 4) is 5.75 Å². The lowest BCUT2D eigenvalue weighted by Crippen LogP contribution is -2.36. The molecule has 0 saturated carbocycles. The molecule has 2 N–H and O–H groups in total. The van der Waals surface area contributed by atoms with Crippen LogP contribution >= 0.6 is 0 Å². The van der Waals surface area contributed by atoms with Crippen LogP contribution in [0.25, 0.3) is 6.08 Å². The van der Waals surface area contributed by atoms with Gasteiger partial charge in [0, 0.05) is 5.56 Å². The standard InChI is InChI=1S/C28H24N4O5/c1-18(17-32-27(35)22-10-6-7-11-23(22)28(32)36)30-31-26(34)24(16-19-12-14-21(37-2)15-13-19)29-25(33)20-8-4-3-5-9-20/h3-16H,17H2,1-2H3,(H,29,33)(H,31,34)/b24-16-,30-18+. The van der Waals surface area contributed by atoms with Crippen molar-refractivity contribution >= 4 is 35.4 Å². The molecule has 9 nitrogen and oxygen atoms in total. The van der Waals surface area contributed by atoms with Crippen molar-refractivity contribution in [2.75, 3.05) is 13.7 Å². The number of carbonyl (C=O) groups is 4. The fraction of sp³-hybridized carbons (Fsp3) is 0.107. The summed E-state index contributed by atoms with van der Waals surface area (Å²) in [5, 5.41) is 6.67. The molecule has 0 spiro atoms. The zero-order valence-corrected chi connectivity index (χ0v) is 20.2. The Kier molecular flexibility index (Phi) is 7.53. The number of hydrogen-bond acceptors (Lipinski definition) is 6. The zero-order chi connectivity index (χ0) is 26.4. The van der Waals surface area contributed by atoms with Crippen molar-refractivity contribution in [2.24, 2.45) is 5.10 Å². The van der Waals surface area contributed by atoms with Crippen molar-refractivity contribution in [1.82, 2.24) is 15.6 Å². The Morgan fingerprint density at radius 1 is 0.892 bits per heavy atom. The van der Waals surface area contributed by atoms with Crippen molar-refractivity contribution in [3.05, 3.63) is 107 Å². The highest BCUT2D eigenvalue weighted by atomic mass is 16.5. The fourth-order valence-corrected chi connectivity index (χ4v) is 3.66. The SMILES string of the molecule is COc1ccc(/C=C(\NC(=O)c2ccccc2)C(=O)N/N=C(\C)CN2C(=O)c3ccccc3C2=O)cc1. The number of rotatable bonds is 8. The summed E-state index contributed by atoms with van der Waals surface area (Å²) < 4.78 is 5.16. The lowest BCUT2D eigenvalue weighted by atomic mass is 10.1. The molecule has 3 aromatic carbocycles. The molecule has 0 bridgehead atoms. The first-order chi connectivity index (χ1) is 17.9. The second-order valence-electron chi connectivity index (χ2n) is 8.18. The van der Waals surface area contributed by atoms with Crippen LogP contribution in [0.2, 0.25) is 0 Å².